The molecule has 2 aromatic rings. The lowest BCUT2D eigenvalue weighted by Gasteiger charge is -2.37. The first-order valence-electron chi connectivity index (χ1n) is 9.14. The summed E-state index contributed by atoms with van der Waals surface area (Å²) in [6.45, 7) is 3.99. The van der Waals surface area contributed by atoms with Gasteiger partial charge in [-0.2, -0.15) is 0 Å². The molecule has 0 atom stereocenters. The zero-order chi connectivity index (χ0) is 19.4. The number of methoxy groups -OCH3 is 1. The van der Waals surface area contributed by atoms with Gasteiger partial charge in [0.05, 0.1) is 7.11 Å². The van der Waals surface area contributed by atoms with E-state index in [0.717, 1.165) is 34.5 Å². The molecule has 0 heterocycles. The largest absolute Gasteiger partial charge is 0.497 e. The lowest BCUT2D eigenvalue weighted by Crippen LogP contribution is -2.49. The fourth-order valence-corrected chi connectivity index (χ4v) is 3.39. The van der Waals surface area contributed by atoms with Crippen molar-refractivity contribution in [1.82, 2.24) is 0 Å². The Labute approximate surface area is 159 Å². The Hall–Kier alpha value is -2.82. The number of hydrogen-bond acceptors (Lipinski definition) is 4. The molecule has 2 aromatic carbocycles. The minimum atomic E-state index is -1.09. The fourth-order valence-electron chi connectivity index (χ4n) is 3.39. The molecule has 0 aliphatic heterocycles. The second-order valence-corrected chi connectivity index (χ2v) is 7.09. The SMILES string of the molecule is COc1cc(C)c(NC(=O)C2(C(=O)OCc3ccccc3)CCC2)c(C)c1. The molecule has 1 amide bonds. The molecular weight excluding hydrogens is 342 g/mol. The van der Waals surface area contributed by atoms with Crippen LogP contribution in [0.15, 0.2) is 42.5 Å². The van der Waals surface area contributed by atoms with Crippen molar-refractivity contribution in [2.24, 2.45) is 5.41 Å². The van der Waals surface area contributed by atoms with Crippen LogP contribution in [0.1, 0.15) is 36.0 Å². The van der Waals surface area contributed by atoms with Gasteiger partial charge in [0, 0.05) is 5.69 Å². The first kappa shape index (κ1) is 19.0. The first-order valence-corrected chi connectivity index (χ1v) is 9.14. The number of carbonyl (C=O) groups excluding carboxylic acids is 2. The van der Waals surface area contributed by atoms with Gasteiger partial charge >= 0.3 is 5.97 Å². The van der Waals surface area contributed by atoms with E-state index in [-0.39, 0.29) is 12.5 Å². The van der Waals surface area contributed by atoms with E-state index in [1.807, 2.05) is 56.3 Å². The number of aryl methyl sites for hydroxylation is 2. The highest BCUT2D eigenvalue weighted by Gasteiger charge is 2.52. The molecule has 1 saturated carbocycles. The smallest absolute Gasteiger partial charge is 0.321 e. The van der Waals surface area contributed by atoms with Crippen molar-refractivity contribution < 1.29 is 19.1 Å². The fraction of sp³-hybridized carbons (Fsp3) is 0.364. The number of benzene rings is 2. The van der Waals surface area contributed by atoms with Crippen LogP contribution in [0.2, 0.25) is 0 Å². The van der Waals surface area contributed by atoms with Crippen LogP contribution in [0, 0.1) is 19.3 Å². The molecule has 3 rings (SSSR count). The lowest BCUT2D eigenvalue weighted by atomic mass is 9.68. The van der Waals surface area contributed by atoms with Crippen molar-refractivity contribution in [2.45, 2.75) is 39.7 Å². The van der Waals surface area contributed by atoms with Gasteiger partial charge in [-0.05, 0) is 55.5 Å². The summed E-state index contributed by atoms with van der Waals surface area (Å²) in [5, 5.41) is 2.96. The van der Waals surface area contributed by atoms with E-state index in [2.05, 4.69) is 5.32 Å². The summed E-state index contributed by atoms with van der Waals surface area (Å²) >= 11 is 0. The molecule has 0 bridgehead atoms. The molecule has 0 saturated heterocycles. The lowest BCUT2D eigenvalue weighted by molar-refractivity contribution is -0.166. The maximum absolute atomic E-state index is 13.0. The summed E-state index contributed by atoms with van der Waals surface area (Å²) in [4.78, 5) is 25.7. The molecular formula is C22H25NO4. The number of nitrogens with one attached hydrogen (secondary N) is 1. The van der Waals surface area contributed by atoms with Crippen LogP contribution in [0.4, 0.5) is 5.69 Å². The van der Waals surface area contributed by atoms with E-state index in [1.165, 1.54) is 0 Å². The van der Waals surface area contributed by atoms with Gasteiger partial charge < -0.3 is 14.8 Å². The number of ether oxygens (including phenoxy) is 2. The second kappa shape index (κ2) is 7.82. The Morgan fingerprint density at radius 3 is 2.22 bits per heavy atom. The van der Waals surface area contributed by atoms with Crippen LogP contribution >= 0.6 is 0 Å². The number of amides is 1. The summed E-state index contributed by atoms with van der Waals surface area (Å²) in [6.07, 6.45) is 1.87. The maximum atomic E-state index is 13.0. The molecule has 0 radical (unpaired) electrons. The van der Waals surface area contributed by atoms with Gasteiger partial charge in [-0.25, -0.2) is 0 Å². The molecule has 27 heavy (non-hydrogen) atoms. The average Bonchev–Trinajstić information content (AvgIpc) is 2.62. The molecule has 0 spiro atoms. The molecule has 5 nitrogen and oxygen atoms in total. The Balaban J connectivity index is 1.73. The van der Waals surface area contributed by atoms with Crippen molar-refractivity contribution in [3.8, 4) is 5.75 Å². The molecule has 0 aromatic heterocycles. The first-order chi connectivity index (χ1) is 13.0. The standard InChI is InChI=1S/C22H25NO4/c1-15-12-18(26-3)13-16(2)19(15)23-20(24)22(10-7-11-22)21(25)27-14-17-8-5-4-6-9-17/h4-6,8-9,12-13H,7,10-11,14H2,1-3H3,(H,23,24). The molecule has 1 fully saturated rings. The number of anilines is 1. The Morgan fingerprint density at radius 1 is 1.07 bits per heavy atom. The molecule has 1 aliphatic carbocycles. The van der Waals surface area contributed by atoms with E-state index in [1.54, 1.807) is 7.11 Å². The van der Waals surface area contributed by atoms with Crippen LogP contribution < -0.4 is 10.1 Å². The topological polar surface area (TPSA) is 64.6 Å². The normalized spacial score (nSPS) is 14.8. The van der Waals surface area contributed by atoms with Gasteiger partial charge in [0.2, 0.25) is 5.91 Å². The van der Waals surface area contributed by atoms with E-state index in [4.69, 9.17) is 9.47 Å². The van der Waals surface area contributed by atoms with Crippen LogP contribution in [-0.4, -0.2) is 19.0 Å². The number of hydrogen-bond donors (Lipinski definition) is 1. The van der Waals surface area contributed by atoms with Crippen LogP contribution in [0.25, 0.3) is 0 Å². The summed E-state index contributed by atoms with van der Waals surface area (Å²) in [5.41, 5.74) is 2.33. The van der Waals surface area contributed by atoms with Crippen LogP contribution in [0.3, 0.4) is 0 Å². The third-order valence-corrected chi connectivity index (χ3v) is 5.23. The van der Waals surface area contributed by atoms with Gasteiger partial charge in [-0.3, -0.25) is 9.59 Å². The molecule has 142 valence electrons. The van der Waals surface area contributed by atoms with E-state index in [0.29, 0.717) is 12.8 Å². The zero-order valence-corrected chi connectivity index (χ0v) is 16.0. The number of rotatable bonds is 6. The van der Waals surface area contributed by atoms with E-state index in [9.17, 15) is 9.59 Å². The Morgan fingerprint density at radius 2 is 1.70 bits per heavy atom. The highest BCUT2D eigenvalue weighted by atomic mass is 16.5. The summed E-state index contributed by atoms with van der Waals surface area (Å²) in [5.74, 6) is 0.00530. The Kier molecular flexibility index (Phi) is 5.49. The molecule has 5 heteroatoms. The van der Waals surface area contributed by atoms with Gasteiger partial charge in [0.1, 0.15) is 17.8 Å². The predicted molar refractivity (Wildman–Crippen MR) is 104 cm³/mol. The zero-order valence-electron chi connectivity index (χ0n) is 16.0. The molecule has 1 N–H and O–H groups in total. The third kappa shape index (κ3) is 3.82. The van der Waals surface area contributed by atoms with E-state index >= 15 is 0 Å². The molecule has 1 aliphatic rings. The minimum Gasteiger partial charge on any atom is -0.497 e. The summed E-state index contributed by atoms with van der Waals surface area (Å²) in [6, 6.07) is 13.2. The van der Waals surface area contributed by atoms with Crippen molar-refractivity contribution in [1.29, 1.82) is 0 Å². The number of esters is 1. The van der Waals surface area contributed by atoms with E-state index < -0.39 is 11.4 Å². The van der Waals surface area contributed by atoms with Gasteiger partial charge in [0.15, 0.2) is 0 Å². The van der Waals surface area contributed by atoms with Gasteiger partial charge in [0.25, 0.3) is 0 Å². The van der Waals surface area contributed by atoms with Crippen LogP contribution in [-0.2, 0) is 20.9 Å². The summed E-state index contributed by atoms with van der Waals surface area (Å²) in [7, 11) is 1.61. The minimum absolute atomic E-state index is 0.176. The van der Waals surface area contributed by atoms with Gasteiger partial charge in [-0.1, -0.05) is 36.8 Å². The highest BCUT2D eigenvalue weighted by Crippen LogP contribution is 2.43. The molecule has 0 unspecified atom stereocenters. The van der Waals surface area contributed by atoms with Crippen molar-refractivity contribution in [3.05, 3.63) is 59.2 Å². The van der Waals surface area contributed by atoms with Gasteiger partial charge in [-0.15, -0.1) is 0 Å². The Bertz CT molecular complexity index is 818. The predicted octanol–water partition coefficient (Wildman–Crippen LogP) is 4.16. The summed E-state index contributed by atoms with van der Waals surface area (Å²) < 4.78 is 10.7. The number of carbonyl (C=O) groups is 2. The maximum Gasteiger partial charge on any atom is 0.321 e. The third-order valence-electron chi connectivity index (χ3n) is 5.23. The second-order valence-electron chi connectivity index (χ2n) is 7.09. The monoisotopic (exact) mass is 367 g/mol. The quantitative estimate of drug-likeness (QED) is 0.615. The highest BCUT2D eigenvalue weighted by molar-refractivity contribution is 6.10. The van der Waals surface area contributed by atoms with Crippen molar-refractivity contribution in [2.75, 3.05) is 12.4 Å². The average molecular weight is 367 g/mol. The van der Waals surface area contributed by atoms with Crippen LogP contribution in [0.5, 0.6) is 5.75 Å². The van der Waals surface area contributed by atoms with Crippen molar-refractivity contribution in [3.63, 3.8) is 0 Å². The van der Waals surface area contributed by atoms with Crippen molar-refractivity contribution >= 4 is 17.6 Å².